The van der Waals surface area contributed by atoms with Gasteiger partial charge in [-0.2, -0.15) is 0 Å². The average Bonchev–Trinajstić information content (AvgIpc) is 3.17. The van der Waals surface area contributed by atoms with Crippen LogP contribution in [0.5, 0.6) is 0 Å². The number of benzene rings is 2. The Labute approximate surface area is 207 Å². The van der Waals surface area contributed by atoms with Crippen LogP contribution in [0.1, 0.15) is 24.5 Å². The summed E-state index contributed by atoms with van der Waals surface area (Å²) in [7, 11) is 0. The number of carbonyl (C=O) groups is 1. The molecule has 34 heavy (non-hydrogen) atoms. The van der Waals surface area contributed by atoms with E-state index in [0.717, 1.165) is 56.2 Å². The number of aromatic nitrogens is 3. The van der Waals surface area contributed by atoms with Gasteiger partial charge in [-0.1, -0.05) is 43.3 Å². The van der Waals surface area contributed by atoms with Gasteiger partial charge >= 0.3 is 0 Å². The molecule has 2 aromatic carbocycles. The van der Waals surface area contributed by atoms with Crippen molar-refractivity contribution in [2.45, 2.75) is 33.9 Å². The van der Waals surface area contributed by atoms with Crippen molar-refractivity contribution in [1.29, 1.82) is 0 Å². The Kier molecular flexibility index (Phi) is 7.92. The number of nitrogens with one attached hydrogen (secondary N) is 1. The van der Waals surface area contributed by atoms with Crippen LogP contribution in [0.3, 0.4) is 0 Å². The third-order valence-corrected chi connectivity index (χ3v) is 6.75. The van der Waals surface area contributed by atoms with Gasteiger partial charge in [0, 0.05) is 38.3 Å². The minimum Gasteiger partial charge on any atom is -0.355 e. The molecule has 1 aliphatic rings. The minimum absolute atomic E-state index is 0.108. The van der Waals surface area contributed by atoms with E-state index in [4.69, 9.17) is 17.3 Å². The summed E-state index contributed by atoms with van der Waals surface area (Å²) < 4.78 is 4.69. The van der Waals surface area contributed by atoms with Gasteiger partial charge in [-0.15, -0.1) is 5.10 Å². The number of rotatable bonds is 8. The molecular weight excluding hydrogens is 444 g/mol. The molecular formula is C26H34N6OS. The van der Waals surface area contributed by atoms with E-state index in [1.54, 1.807) is 0 Å². The molecule has 180 valence electrons. The molecule has 0 atom stereocenters. The molecule has 0 spiro atoms. The van der Waals surface area contributed by atoms with E-state index in [2.05, 4.69) is 70.8 Å². The molecule has 1 aliphatic heterocycles. The zero-order valence-corrected chi connectivity index (χ0v) is 21.1. The lowest BCUT2D eigenvalue weighted by atomic mass is 10.1. The fourth-order valence-corrected chi connectivity index (χ4v) is 4.46. The maximum Gasteiger partial charge on any atom is 0.234 e. The fourth-order valence-electron chi connectivity index (χ4n) is 4.17. The van der Waals surface area contributed by atoms with Crippen molar-refractivity contribution >= 4 is 18.1 Å². The summed E-state index contributed by atoms with van der Waals surface area (Å²) in [6, 6.07) is 16.6. The molecule has 3 aromatic rings. The fraction of sp³-hybridized carbons (Fsp3) is 0.423. The molecule has 1 fully saturated rings. The first-order chi connectivity index (χ1) is 16.5. The van der Waals surface area contributed by atoms with Gasteiger partial charge in [0.15, 0.2) is 5.82 Å². The minimum atomic E-state index is 0.108. The van der Waals surface area contributed by atoms with Crippen molar-refractivity contribution < 1.29 is 4.79 Å². The number of piperazine rings is 1. The lowest BCUT2D eigenvalue weighted by Crippen LogP contribution is -2.49. The van der Waals surface area contributed by atoms with E-state index in [9.17, 15) is 4.79 Å². The number of aryl methyl sites for hydroxylation is 2. The molecule has 1 aromatic heterocycles. The summed E-state index contributed by atoms with van der Waals surface area (Å²) in [6.45, 7) is 11.6. The molecule has 0 saturated carbocycles. The van der Waals surface area contributed by atoms with Gasteiger partial charge in [-0.05, 0) is 55.7 Å². The summed E-state index contributed by atoms with van der Waals surface area (Å²) in [6.07, 6.45) is 0.958. The van der Waals surface area contributed by atoms with Crippen LogP contribution in [-0.2, 0) is 11.5 Å². The maximum absolute atomic E-state index is 12.0. The molecule has 0 unspecified atom stereocenters. The second-order valence-corrected chi connectivity index (χ2v) is 9.33. The van der Waals surface area contributed by atoms with Crippen LogP contribution in [0, 0.1) is 18.6 Å². The predicted octanol–water partition coefficient (Wildman–Crippen LogP) is 3.79. The molecule has 1 saturated heterocycles. The van der Waals surface area contributed by atoms with E-state index < -0.39 is 0 Å². The van der Waals surface area contributed by atoms with E-state index in [0.29, 0.717) is 18.0 Å². The molecule has 2 heterocycles. The highest BCUT2D eigenvalue weighted by molar-refractivity contribution is 7.71. The number of amides is 1. The Morgan fingerprint density at radius 2 is 1.71 bits per heavy atom. The first-order valence-electron chi connectivity index (χ1n) is 12.0. The highest BCUT2D eigenvalue weighted by Crippen LogP contribution is 2.24. The van der Waals surface area contributed by atoms with E-state index in [1.807, 2.05) is 22.9 Å². The standard InChI is InChI=1S/C26H34N6OS/c1-4-12-27-24(33)18-29-13-15-30(16-14-29)19-31-26(34)32(23-11-10-20(2)21(3)17-23)25(28-31)22-8-6-5-7-9-22/h5-11,17H,4,12-16,18-19H2,1-3H3,(H,27,33). The first-order valence-corrected chi connectivity index (χ1v) is 12.4. The van der Waals surface area contributed by atoms with Crippen LogP contribution < -0.4 is 5.32 Å². The van der Waals surface area contributed by atoms with Gasteiger partial charge in [-0.25, -0.2) is 4.68 Å². The van der Waals surface area contributed by atoms with Crippen molar-refractivity contribution in [2.24, 2.45) is 0 Å². The summed E-state index contributed by atoms with van der Waals surface area (Å²) in [5.41, 5.74) is 4.55. The van der Waals surface area contributed by atoms with Crippen LogP contribution >= 0.6 is 12.2 Å². The third-order valence-electron chi connectivity index (χ3n) is 6.36. The van der Waals surface area contributed by atoms with Crippen LogP contribution in [0.15, 0.2) is 48.5 Å². The molecule has 1 N–H and O–H groups in total. The zero-order chi connectivity index (χ0) is 24.1. The summed E-state index contributed by atoms with van der Waals surface area (Å²) in [4.78, 5) is 16.6. The Bertz CT molecular complexity index is 1180. The van der Waals surface area contributed by atoms with Crippen molar-refractivity contribution in [3.8, 4) is 17.1 Å². The number of hydrogen-bond donors (Lipinski definition) is 1. The molecule has 0 aliphatic carbocycles. The monoisotopic (exact) mass is 478 g/mol. The second-order valence-electron chi connectivity index (χ2n) is 8.96. The lowest BCUT2D eigenvalue weighted by molar-refractivity contribution is -0.122. The summed E-state index contributed by atoms with van der Waals surface area (Å²) >= 11 is 5.93. The van der Waals surface area contributed by atoms with Gasteiger partial charge in [0.2, 0.25) is 10.7 Å². The van der Waals surface area contributed by atoms with Crippen molar-refractivity contribution in [3.05, 3.63) is 64.4 Å². The Hall–Kier alpha value is -2.81. The van der Waals surface area contributed by atoms with Gasteiger partial charge in [0.25, 0.3) is 0 Å². The van der Waals surface area contributed by atoms with Gasteiger partial charge in [-0.3, -0.25) is 19.2 Å². The summed E-state index contributed by atoms with van der Waals surface area (Å²) in [5, 5.41) is 7.92. The second kappa shape index (κ2) is 11.1. The average molecular weight is 479 g/mol. The van der Waals surface area contributed by atoms with Crippen LogP contribution in [0.25, 0.3) is 17.1 Å². The highest BCUT2D eigenvalue weighted by atomic mass is 32.1. The molecule has 4 rings (SSSR count). The highest BCUT2D eigenvalue weighted by Gasteiger charge is 2.21. The molecule has 0 radical (unpaired) electrons. The number of hydrogen-bond acceptors (Lipinski definition) is 5. The third kappa shape index (κ3) is 5.63. The van der Waals surface area contributed by atoms with E-state index in [1.165, 1.54) is 11.1 Å². The van der Waals surface area contributed by atoms with E-state index >= 15 is 0 Å². The maximum atomic E-state index is 12.0. The molecule has 8 heteroatoms. The van der Waals surface area contributed by atoms with Crippen molar-refractivity contribution in [3.63, 3.8) is 0 Å². The van der Waals surface area contributed by atoms with Gasteiger partial charge < -0.3 is 5.32 Å². The Morgan fingerprint density at radius 3 is 2.38 bits per heavy atom. The number of nitrogens with zero attached hydrogens (tertiary/aromatic N) is 5. The molecule has 1 amide bonds. The Morgan fingerprint density at radius 1 is 1.00 bits per heavy atom. The van der Waals surface area contributed by atoms with Crippen LogP contribution in [-0.4, -0.2) is 69.3 Å². The first kappa shape index (κ1) is 24.3. The van der Waals surface area contributed by atoms with Crippen molar-refractivity contribution in [1.82, 2.24) is 29.5 Å². The normalized spacial score (nSPS) is 14.9. The molecule has 0 bridgehead atoms. The van der Waals surface area contributed by atoms with Crippen molar-refractivity contribution in [2.75, 3.05) is 39.3 Å². The zero-order valence-electron chi connectivity index (χ0n) is 20.3. The quantitative estimate of drug-likeness (QED) is 0.499. The topological polar surface area (TPSA) is 58.3 Å². The predicted molar refractivity (Wildman–Crippen MR) is 139 cm³/mol. The summed E-state index contributed by atoms with van der Waals surface area (Å²) in [5.74, 6) is 0.956. The van der Waals surface area contributed by atoms with Gasteiger partial charge in [0.1, 0.15) is 0 Å². The molecule has 7 nitrogen and oxygen atoms in total. The van der Waals surface area contributed by atoms with E-state index in [-0.39, 0.29) is 5.91 Å². The van der Waals surface area contributed by atoms with Crippen LogP contribution in [0.2, 0.25) is 0 Å². The SMILES string of the molecule is CCCNC(=O)CN1CCN(Cn2nc(-c3ccccc3)n(-c3ccc(C)c(C)c3)c2=S)CC1. The smallest absolute Gasteiger partial charge is 0.234 e. The number of carbonyl (C=O) groups excluding carboxylic acids is 1. The largest absolute Gasteiger partial charge is 0.355 e. The Balaban J connectivity index is 1.53. The lowest BCUT2D eigenvalue weighted by Gasteiger charge is -2.33. The van der Waals surface area contributed by atoms with Crippen LogP contribution in [0.4, 0.5) is 0 Å². The van der Waals surface area contributed by atoms with Gasteiger partial charge in [0.05, 0.1) is 18.9 Å².